The number of benzene rings is 9. The zero-order valence-electron chi connectivity index (χ0n) is 36.5. The Labute approximate surface area is 392 Å². The average molecular weight is 865 g/mol. The highest BCUT2D eigenvalue weighted by atomic mass is 15.0. The summed E-state index contributed by atoms with van der Waals surface area (Å²) in [7, 11) is 0. The fourth-order valence-electron chi connectivity index (χ4n) is 9.81. The van der Waals surface area contributed by atoms with E-state index in [0.717, 1.165) is 111 Å². The summed E-state index contributed by atoms with van der Waals surface area (Å²) in [5, 5.41) is 25.3. The summed E-state index contributed by atoms with van der Waals surface area (Å²) in [6.45, 7) is 7.64. The maximum absolute atomic E-state index is 11.4. The maximum atomic E-state index is 11.4. The van der Waals surface area contributed by atoms with E-state index >= 15 is 0 Å². The van der Waals surface area contributed by atoms with Gasteiger partial charge in [0.15, 0.2) is 5.69 Å². The van der Waals surface area contributed by atoms with Gasteiger partial charge < -0.3 is 9.13 Å². The molecule has 0 spiro atoms. The van der Waals surface area contributed by atoms with E-state index in [4.69, 9.17) is 11.6 Å². The lowest BCUT2D eigenvalue weighted by molar-refractivity contribution is 1.13. The van der Waals surface area contributed by atoms with E-state index < -0.39 is 0 Å². The third-order valence-electron chi connectivity index (χ3n) is 13.0. The average Bonchev–Trinajstić information content (AvgIpc) is 3.93. The number of hydrogen-bond donors (Lipinski definition) is 0. The molecular formula is C62H36N6. The molecule has 3 heterocycles. The summed E-state index contributed by atoms with van der Waals surface area (Å²) in [6, 6.07) is 79.2. The van der Waals surface area contributed by atoms with Crippen LogP contribution in [0.4, 0.5) is 5.69 Å². The molecule has 3 aromatic heterocycles. The molecule has 68 heavy (non-hydrogen) atoms. The molecule has 0 saturated heterocycles. The number of hydrogen-bond acceptors (Lipinski definition) is 3. The van der Waals surface area contributed by atoms with Gasteiger partial charge in [-0.25, -0.2) is 9.83 Å². The summed E-state index contributed by atoms with van der Waals surface area (Å²) in [4.78, 5) is 8.96. The van der Waals surface area contributed by atoms with E-state index in [-0.39, 0.29) is 0 Å². The standard InChI is InChI=1S/C62H36N6/c1-65-49-21-13-20-44(31-49)46-27-28-59-53(33-46)50-22-8-10-24-57(50)67(59)61-37-52(47-34-55(41-15-4-2-5-16-41)66-56(35-47)42-17-6-3-7-18-42)62(36-48(61)39-64)68-58-25-11-9-23-51(58)54-32-45(26-29-60(54)68)43-19-12-14-40(30-43)38-63/h2-37H. The minimum Gasteiger partial charge on any atom is -0.309 e. The monoisotopic (exact) mass is 864 g/mol. The molecular weight excluding hydrogens is 829 g/mol. The molecule has 0 aliphatic carbocycles. The van der Waals surface area contributed by atoms with Crippen LogP contribution in [0.15, 0.2) is 218 Å². The second-order valence-electron chi connectivity index (χ2n) is 16.9. The van der Waals surface area contributed by atoms with Gasteiger partial charge in [0, 0.05) is 38.2 Å². The van der Waals surface area contributed by atoms with Crippen LogP contribution in [0, 0.1) is 29.2 Å². The number of aromatic nitrogens is 3. The first kappa shape index (κ1) is 39.8. The molecule has 0 fully saturated rings. The fourth-order valence-corrected chi connectivity index (χ4v) is 9.81. The van der Waals surface area contributed by atoms with E-state index in [9.17, 15) is 10.5 Å². The number of nitriles is 2. The van der Waals surface area contributed by atoms with Crippen molar-refractivity contribution < 1.29 is 0 Å². The number of nitrogens with zero attached hydrogens (tertiary/aromatic N) is 6. The van der Waals surface area contributed by atoms with Crippen molar-refractivity contribution in [2.24, 2.45) is 0 Å². The molecule has 6 nitrogen and oxygen atoms in total. The van der Waals surface area contributed by atoms with Crippen molar-refractivity contribution >= 4 is 49.3 Å². The Morgan fingerprint density at radius 2 is 0.882 bits per heavy atom. The molecule has 0 amide bonds. The lowest BCUT2D eigenvalue weighted by Gasteiger charge is -2.20. The van der Waals surface area contributed by atoms with Crippen LogP contribution in [-0.4, -0.2) is 14.1 Å². The van der Waals surface area contributed by atoms with Gasteiger partial charge in [-0.1, -0.05) is 140 Å². The van der Waals surface area contributed by atoms with Gasteiger partial charge >= 0.3 is 0 Å². The third kappa shape index (κ3) is 6.67. The third-order valence-corrected chi connectivity index (χ3v) is 13.0. The molecule has 9 aromatic carbocycles. The first-order valence-electron chi connectivity index (χ1n) is 22.3. The van der Waals surface area contributed by atoms with E-state index in [1.165, 1.54) is 0 Å². The van der Waals surface area contributed by atoms with Crippen molar-refractivity contribution in [3.8, 4) is 79.4 Å². The topological polar surface area (TPSA) is 74.7 Å². The van der Waals surface area contributed by atoms with Crippen LogP contribution in [0.3, 0.4) is 0 Å². The Bertz CT molecular complexity index is 4060. The van der Waals surface area contributed by atoms with Gasteiger partial charge in [-0.2, -0.15) is 10.5 Å². The van der Waals surface area contributed by atoms with Crippen molar-refractivity contribution in [2.45, 2.75) is 0 Å². The van der Waals surface area contributed by atoms with Gasteiger partial charge in [0.05, 0.1) is 68.6 Å². The predicted molar refractivity (Wildman–Crippen MR) is 276 cm³/mol. The van der Waals surface area contributed by atoms with Crippen LogP contribution in [0.5, 0.6) is 0 Å². The van der Waals surface area contributed by atoms with Crippen molar-refractivity contribution in [1.29, 1.82) is 10.5 Å². The molecule has 0 aliphatic rings. The summed E-state index contributed by atoms with van der Waals surface area (Å²) in [6.07, 6.45) is 0. The van der Waals surface area contributed by atoms with Crippen LogP contribution in [0.2, 0.25) is 0 Å². The number of fused-ring (bicyclic) bond motifs is 6. The largest absolute Gasteiger partial charge is 0.309 e. The van der Waals surface area contributed by atoms with Crippen molar-refractivity contribution in [2.75, 3.05) is 0 Å². The molecule has 12 rings (SSSR count). The molecule has 0 saturated carbocycles. The SMILES string of the molecule is [C-]#[N+]c1cccc(-c2ccc3c(c2)c2ccccc2n3-c2cc(-c3cc(-c4ccccc4)nc(-c4ccccc4)c3)c(-n3c4ccccc4c4cc(-c5cccc(C#N)c5)ccc43)cc2C#N)c1. The summed E-state index contributed by atoms with van der Waals surface area (Å²) < 4.78 is 4.51. The van der Waals surface area contributed by atoms with E-state index in [1.54, 1.807) is 0 Å². The molecule has 0 bridgehead atoms. The number of rotatable bonds is 7. The van der Waals surface area contributed by atoms with Crippen LogP contribution in [0.1, 0.15) is 11.1 Å². The molecule has 0 N–H and O–H groups in total. The van der Waals surface area contributed by atoms with Crippen molar-refractivity contribution in [3.63, 3.8) is 0 Å². The minimum atomic E-state index is 0.511. The van der Waals surface area contributed by atoms with Gasteiger partial charge in [0.25, 0.3) is 0 Å². The first-order chi connectivity index (χ1) is 33.6. The smallest absolute Gasteiger partial charge is 0.187 e. The summed E-state index contributed by atoms with van der Waals surface area (Å²) >= 11 is 0. The first-order valence-corrected chi connectivity index (χ1v) is 22.3. The Hall–Kier alpha value is -9.80. The van der Waals surface area contributed by atoms with Crippen LogP contribution >= 0.6 is 0 Å². The van der Waals surface area contributed by atoms with Crippen LogP contribution in [-0.2, 0) is 0 Å². The number of para-hydroxylation sites is 2. The lowest BCUT2D eigenvalue weighted by atomic mass is 9.96. The maximum Gasteiger partial charge on any atom is 0.187 e. The van der Waals surface area contributed by atoms with Crippen molar-refractivity contribution in [1.82, 2.24) is 14.1 Å². The Balaban J connectivity index is 1.17. The van der Waals surface area contributed by atoms with E-state index in [0.29, 0.717) is 16.8 Å². The molecule has 6 heteroatoms. The highest BCUT2D eigenvalue weighted by molar-refractivity contribution is 6.12. The highest BCUT2D eigenvalue weighted by Gasteiger charge is 2.23. The van der Waals surface area contributed by atoms with Gasteiger partial charge in [-0.3, -0.25) is 0 Å². The van der Waals surface area contributed by atoms with Crippen LogP contribution < -0.4 is 0 Å². The minimum absolute atomic E-state index is 0.511. The quantitative estimate of drug-likeness (QED) is 0.150. The lowest BCUT2D eigenvalue weighted by Crippen LogP contribution is -2.04. The zero-order valence-corrected chi connectivity index (χ0v) is 36.5. The molecule has 0 unspecified atom stereocenters. The normalized spacial score (nSPS) is 11.2. The summed E-state index contributed by atoms with van der Waals surface area (Å²) in [5.74, 6) is 0. The zero-order chi connectivity index (χ0) is 45.7. The Morgan fingerprint density at radius 3 is 1.46 bits per heavy atom. The second-order valence-corrected chi connectivity index (χ2v) is 16.9. The van der Waals surface area contributed by atoms with Gasteiger partial charge in [-0.05, 0) is 107 Å². The predicted octanol–water partition coefficient (Wildman–Crippen LogP) is 15.9. The highest BCUT2D eigenvalue weighted by Crippen LogP contribution is 2.43. The fraction of sp³-hybridized carbons (Fsp3) is 0. The van der Waals surface area contributed by atoms with Crippen molar-refractivity contribution in [3.05, 3.63) is 241 Å². The van der Waals surface area contributed by atoms with Gasteiger partial charge in [-0.15, -0.1) is 0 Å². The van der Waals surface area contributed by atoms with E-state index in [2.05, 4.69) is 154 Å². The molecule has 0 atom stereocenters. The van der Waals surface area contributed by atoms with E-state index in [1.807, 2.05) is 91.0 Å². The molecule has 0 radical (unpaired) electrons. The number of pyridine rings is 1. The summed E-state index contributed by atoms with van der Waals surface area (Å²) in [5.41, 5.74) is 16.7. The van der Waals surface area contributed by atoms with Gasteiger partial charge in [0.2, 0.25) is 0 Å². The second kappa shape index (κ2) is 16.3. The van der Waals surface area contributed by atoms with Gasteiger partial charge in [0.1, 0.15) is 6.07 Å². The molecule has 12 aromatic rings. The van der Waals surface area contributed by atoms with Crippen LogP contribution in [0.25, 0.3) is 116 Å². The Morgan fingerprint density at radius 1 is 0.382 bits per heavy atom. The Kier molecular flexibility index (Phi) is 9.55. The molecule has 314 valence electrons. The molecule has 0 aliphatic heterocycles.